The van der Waals surface area contributed by atoms with Crippen LogP contribution in [-0.4, -0.2) is 44.2 Å². The van der Waals surface area contributed by atoms with E-state index in [1.807, 2.05) is 0 Å². The molecule has 0 bridgehead atoms. The summed E-state index contributed by atoms with van der Waals surface area (Å²) in [5.74, 6) is -5.64. The molecule has 17 heteroatoms. The van der Waals surface area contributed by atoms with Crippen molar-refractivity contribution >= 4 is 34.2 Å². The second-order valence-electron chi connectivity index (χ2n) is 8.97. The highest BCUT2D eigenvalue weighted by Gasteiger charge is 2.20. The van der Waals surface area contributed by atoms with Crippen LogP contribution in [0.4, 0.5) is 18.9 Å². The van der Waals surface area contributed by atoms with Crippen LogP contribution in [0.2, 0.25) is 5.02 Å². The Labute approximate surface area is 241 Å². The molecular formula is C25H21ClF3N9O4. The summed E-state index contributed by atoms with van der Waals surface area (Å²) in [5.41, 5.74) is -3.47. The van der Waals surface area contributed by atoms with Crippen molar-refractivity contribution in [3.8, 4) is 0 Å². The van der Waals surface area contributed by atoms with Crippen molar-refractivity contribution in [2.24, 2.45) is 19.1 Å². The number of carbonyl (C=O) groups excluding carboxylic acids is 1. The Balaban J connectivity index is 1.90. The number of aromatic nitrogens is 8. The minimum absolute atomic E-state index is 0.00503. The van der Waals surface area contributed by atoms with Gasteiger partial charge in [-0.2, -0.15) is 10.2 Å². The smallest absolute Gasteiger partial charge is 0.338 e. The van der Waals surface area contributed by atoms with E-state index in [1.165, 1.54) is 23.9 Å². The molecule has 0 aliphatic rings. The first-order valence-corrected chi connectivity index (χ1v) is 12.3. The lowest BCUT2D eigenvalue weighted by Gasteiger charge is -2.16. The van der Waals surface area contributed by atoms with Crippen LogP contribution in [0, 0.1) is 17.5 Å². The van der Waals surface area contributed by atoms with Gasteiger partial charge in [-0.05, 0) is 18.2 Å². The number of hydrogen-bond donors (Lipinski definition) is 0. The third kappa shape index (κ3) is 5.60. The fraction of sp³-hybridized carbons (Fsp3) is 0.240. The van der Waals surface area contributed by atoms with Gasteiger partial charge < -0.3 is 4.74 Å². The Morgan fingerprint density at radius 2 is 1.71 bits per heavy atom. The van der Waals surface area contributed by atoms with Gasteiger partial charge in [-0.3, -0.25) is 18.7 Å². The van der Waals surface area contributed by atoms with Gasteiger partial charge in [0.1, 0.15) is 12.1 Å². The molecule has 0 aliphatic carbocycles. The first-order chi connectivity index (χ1) is 20.7. The largest absolute Gasteiger partial charge is 0.444 e. The molecule has 13 nitrogen and oxygen atoms in total. The summed E-state index contributed by atoms with van der Waals surface area (Å²) in [6, 6.07) is 3.68. The van der Waals surface area contributed by atoms with Crippen molar-refractivity contribution in [1.82, 2.24) is 38.2 Å². The lowest BCUT2D eigenvalue weighted by Crippen LogP contribution is -2.55. The summed E-state index contributed by atoms with van der Waals surface area (Å²) in [5, 5.41) is 8.65. The number of aryl methyl sites for hydroxylation is 2. The zero-order valence-electron chi connectivity index (χ0n) is 24.0. The molecule has 0 fully saturated rings. The molecule has 42 heavy (non-hydrogen) atoms. The van der Waals surface area contributed by atoms with Gasteiger partial charge in [0.25, 0.3) is 0 Å². The van der Waals surface area contributed by atoms with E-state index in [9.17, 15) is 27.6 Å². The summed E-state index contributed by atoms with van der Waals surface area (Å²) < 4.78 is 69.0. The summed E-state index contributed by atoms with van der Waals surface area (Å²) in [6.45, 7) is -3.77. The zero-order valence-corrected chi connectivity index (χ0v) is 22.8. The van der Waals surface area contributed by atoms with Gasteiger partial charge >= 0.3 is 17.3 Å². The van der Waals surface area contributed by atoms with Crippen LogP contribution in [-0.2, 0) is 43.4 Å². The Kier molecular flexibility index (Phi) is 6.87. The highest BCUT2D eigenvalue weighted by atomic mass is 35.5. The van der Waals surface area contributed by atoms with Gasteiger partial charge in [-0.15, -0.1) is 0 Å². The third-order valence-corrected chi connectivity index (χ3v) is 6.16. The molecule has 5 aromatic rings. The van der Waals surface area contributed by atoms with Crippen LogP contribution in [0.3, 0.4) is 0 Å². The Morgan fingerprint density at radius 3 is 2.40 bits per heavy atom. The molecule has 0 spiro atoms. The maximum absolute atomic E-state index is 14.9. The van der Waals surface area contributed by atoms with Gasteiger partial charge in [0.15, 0.2) is 24.2 Å². The average molecular weight is 606 g/mol. The van der Waals surface area contributed by atoms with Crippen LogP contribution in [0.1, 0.15) is 21.1 Å². The molecule has 2 aromatic carbocycles. The van der Waals surface area contributed by atoms with Crippen LogP contribution < -0.4 is 17.0 Å². The molecule has 0 radical (unpaired) electrons. The molecule has 3 heterocycles. The number of halogens is 4. The lowest BCUT2D eigenvalue weighted by atomic mass is 10.2. The maximum atomic E-state index is 14.9. The summed E-state index contributed by atoms with van der Waals surface area (Å²) >= 11 is 6.45. The molecular weight excluding hydrogens is 583 g/mol. The van der Waals surface area contributed by atoms with E-state index in [2.05, 4.69) is 20.2 Å². The van der Waals surface area contributed by atoms with E-state index in [4.69, 9.17) is 19.1 Å². The predicted octanol–water partition coefficient (Wildman–Crippen LogP) is 1.75. The summed E-state index contributed by atoms with van der Waals surface area (Å²) in [7, 11) is 3.08. The van der Waals surface area contributed by atoms with Crippen molar-refractivity contribution in [1.29, 1.82) is 0 Å². The number of esters is 1. The fourth-order valence-electron chi connectivity index (χ4n) is 3.96. The highest BCUT2D eigenvalue weighted by molar-refractivity contribution is 6.33. The maximum Gasteiger partial charge on any atom is 0.338 e. The third-order valence-electron chi connectivity index (χ3n) is 5.86. The molecule has 0 N–H and O–H groups in total. The normalized spacial score (nSPS) is 13.0. The number of rotatable bonds is 7. The fourth-order valence-corrected chi connectivity index (χ4v) is 4.16. The van der Waals surface area contributed by atoms with Crippen molar-refractivity contribution in [2.45, 2.75) is 26.7 Å². The topological polar surface area (TPSA) is 136 Å². The monoisotopic (exact) mass is 605 g/mol. The lowest BCUT2D eigenvalue weighted by molar-refractivity contribution is -0.145. The van der Waals surface area contributed by atoms with Gasteiger partial charge in [0, 0.05) is 44.2 Å². The number of carbonyl (C=O) groups is 1. The van der Waals surface area contributed by atoms with E-state index in [0.717, 1.165) is 17.9 Å². The van der Waals surface area contributed by atoms with Crippen LogP contribution in [0.5, 0.6) is 0 Å². The van der Waals surface area contributed by atoms with E-state index in [0.29, 0.717) is 26.1 Å². The van der Waals surface area contributed by atoms with E-state index < -0.39 is 71.6 Å². The Bertz CT molecular complexity index is 2150. The zero-order chi connectivity index (χ0) is 32.1. The molecule has 0 amide bonds. The number of benzene rings is 2. The first kappa shape index (κ1) is 25.9. The van der Waals surface area contributed by atoms with Crippen LogP contribution >= 0.6 is 11.6 Å². The minimum Gasteiger partial charge on any atom is -0.444 e. The van der Waals surface area contributed by atoms with Crippen molar-refractivity contribution in [3.63, 3.8) is 0 Å². The molecule has 218 valence electrons. The van der Waals surface area contributed by atoms with Gasteiger partial charge in [-0.25, -0.2) is 41.9 Å². The second kappa shape index (κ2) is 11.1. The molecule has 5 rings (SSSR count). The molecule has 0 saturated carbocycles. The van der Waals surface area contributed by atoms with E-state index >= 15 is 0 Å². The van der Waals surface area contributed by atoms with Crippen LogP contribution in [0.25, 0.3) is 10.9 Å². The van der Waals surface area contributed by atoms with Crippen molar-refractivity contribution in [3.05, 3.63) is 97.2 Å². The second-order valence-corrected chi connectivity index (χ2v) is 9.38. The quantitative estimate of drug-likeness (QED) is 0.204. The number of ether oxygens (including phenoxy) is 1. The Hall–Kier alpha value is -4.99. The summed E-state index contributed by atoms with van der Waals surface area (Å²) in [4.78, 5) is 47.8. The molecule has 0 unspecified atom stereocenters. The van der Waals surface area contributed by atoms with Gasteiger partial charge in [0.05, 0.1) is 32.0 Å². The predicted molar refractivity (Wildman–Crippen MR) is 141 cm³/mol. The molecule has 0 saturated heterocycles. The average Bonchev–Trinajstić information content (AvgIpc) is 3.53. The van der Waals surface area contributed by atoms with Crippen LogP contribution in [0.15, 0.2) is 51.4 Å². The van der Waals surface area contributed by atoms with Gasteiger partial charge in [-0.1, -0.05) is 11.6 Å². The van der Waals surface area contributed by atoms with E-state index in [-0.39, 0.29) is 21.3 Å². The highest BCUT2D eigenvalue weighted by Crippen LogP contribution is 2.29. The minimum atomic E-state index is -3.02. The number of nitrogens with zero attached hydrogens (tertiary/aromatic N) is 9. The SMILES string of the molecule is [2H]C([2H])(c1ncn(C)n1)n1c(=O)n(COC(C)=O)c(=Nc2cc3cn(C)nc3cc2Cl)n(Cc2cc(F)c(F)cc2F)c1=O. The van der Waals surface area contributed by atoms with E-state index in [1.54, 1.807) is 13.2 Å². The Morgan fingerprint density at radius 1 is 1.00 bits per heavy atom. The standard InChI is InChI=1S/C25H21ClF3N9O4/c1-13(39)42-12-38-23(31-21-5-15-8-34(2)32-20(15)6-16(21)26)36(9-14-4-18(28)19(29)7-17(14)27)24(40)37(25(38)41)10-22-30-11-35(3)33-22/h4-8,11H,9-10,12H2,1-3H3/i10D2. The molecule has 3 aromatic heterocycles. The molecule has 0 atom stereocenters. The van der Waals surface area contributed by atoms with Gasteiger partial charge in [0.2, 0.25) is 5.62 Å². The number of hydrogen-bond acceptors (Lipinski definition) is 8. The van der Waals surface area contributed by atoms with Crippen molar-refractivity contribution in [2.75, 3.05) is 0 Å². The molecule has 0 aliphatic heterocycles. The van der Waals surface area contributed by atoms with Crippen molar-refractivity contribution < 1.29 is 25.4 Å². The first-order valence-electron chi connectivity index (χ1n) is 12.9. The number of fused-ring (bicyclic) bond motifs is 1. The summed E-state index contributed by atoms with van der Waals surface area (Å²) in [6.07, 6.45) is 2.76.